The summed E-state index contributed by atoms with van der Waals surface area (Å²) in [7, 11) is 6.00. The Morgan fingerprint density at radius 3 is 2.04 bits per heavy atom. The standard InChI is InChI=1S/C17H13N3O4.C3H9N/c21-9-10-5-4-8-12(15(10)22)19-14-13(16(23)20-17(14)24)18-11-6-2-1-3-7-11;1-4(2)3/h1-9,22H,(H3,18,19,20,23,24);1-3H3. The molecule has 0 spiro atoms. The van der Waals surface area contributed by atoms with Gasteiger partial charge in [0.15, 0.2) is 6.29 Å². The number of nitrogens with one attached hydrogen (secondary N) is 3. The van der Waals surface area contributed by atoms with E-state index in [4.69, 9.17) is 0 Å². The van der Waals surface area contributed by atoms with Crippen LogP contribution in [-0.4, -0.2) is 49.2 Å². The third kappa shape index (κ3) is 5.18. The van der Waals surface area contributed by atoms with Crippen LogP contribution in [0.25, 0.3) is 0 Å². The Morgan fingerprint density at radius 2 is 1.46 bits per heavy atom. The van der Waals surface area contributed by atoms with Crippen molar-refractivity contribution in [1.29, 1.82) is 0 Å². The van der Waals surface area contributed by atoms with Gasteiger partial charge in [-0.2, -0.15) is 0 Å². The molecule has 1 heterocycles. The SMILES string of the molecule is CN(C)C.O=Cc1cccc(NC2=C(Nc3ccccc3)C(=O)NC2=O)c1O. The molecule has 4 N–H and O–H groups in total. The fraction of sp³-hybridized carbons (Fsp3) is 0.150. The largest absolute Gasteiger partial charge is 0.505 e. The molecule has 8 heteroatoms. The highest BCUT2D eigenvalue weighted by atomic mass is 16.3. The Hall–Kier alpha value is -3.65. The van der Waals surface area contributed by atoms with Crippen LogP contribution in [0.4, 0.5) is 11.4 Å². The van der Waals surface area contributed by atoms with Crippen molar-refractivity contribution in [2.45, 2.75) is 0 Å². The maximum atomic E-state index is 12.0. The molecule has 0 saturated carbocycles. The van der Waals surface area contributed by atoms with Crippen molar-refractivity contribution in [2.24, 2.45) is 0 Å². The zero-order chi connectivity index (χ0) is 20.7. The van der Waals surface area contributed by atoms with Gasteiger partial charge >= 0.3 is 0 Å². The lowest BCUT2D eigenvalue weighted by atomic mass is 10.2. The second kappa shape index (κ2) is 9.33. The molecule has 1 aliphatic heterocycles. The molecular formula is C20H22N4O4. The molecule has 146 valence electrons. The van der Waals surface area contributed by atoms with E-state index in [0.29, 0.717) is 12.0 Å². The molecule has 8 nitrogen and oxygen atoms in total. The van der Waals surface area contributed by atoms with E-state index >= 15 is 0 Å². The summed E-state index contributed by atoms with van der Waals surface area (Å²) < 4.78 is 0. The van der Waals surface area contributed by atoms with E-state index in [0.717, 1.165) is 0 Å². The lowest BCUT2D eigenvalue weighted by Crippen LogP contribution is -2.25. The lowest BCUT2D eigenvalue weighted by molar-refractivity contribution is -0.124. The smallest absolute Gasteiger partial charge is 0.276 e. The van der Waals surface area contributed by atoms with E-state index in [1.54, 1.807) is 30.3 Å². The number of phenols is 1. The molecule has 0 unspecified atom stereocenters. The van der Waals surface area contributed by atoms with Crippen LogP contribution in [0.15, 0.2) is 59.9 Å². The highest BCUT2D eigenvalue weighted by Gasteiger charge is 2.31. The summed E-state index contributed by atoms with van der Waals surface area (Å²) in [5.41, 5.74) is 0.835. The summed E-state index contributed by atoms with van der Waals surface area (Å²) in [6.45, 7) is 0. The molecule has 3 rings (SSSR count). The molecule has 0 atom stereocenters. The number of aromatic hydroxyl groups is 1. The van der Waals surface area contributed by atoms with Crippen molar-refractivity contribution in [2.75, 3.05) is 31.8 Å². The number of nitrogens with zero attached hydrogens (tertiary/aromatic N) is 1. The van der Waals surface area contributed by atoms with Crippen LogP contribution < -0.4 is 16.0 Å². The molecule has 2 aromatic rings. The van der Waals surface area contributed by atoms with E-state index < -0.39 is 11.8 Å². The average Bonchev–Trinajstić information content (AvgIpc) is 2.91. The second-order valence-electron chi connectivity index (χ2n) is 6.35. The van der Waals surface area contributed by atoms with E-state index in [1.165, 1.54) is 12.1 Å². The molecule has 0 aromatic heterocycles. The minimum absolute atomic E-state index is 0.0297. The summed E-state index contributed by atoms with van der Waals surface area (Å²) in [5, 5.41) is 17.8. The molecule has 0 fully saturated rings. The monoisotopic (exact) mass is 382 g/mol. The van der Waals surface area contributed by atoms with Crippen LogP contribution in [0.5, 0.6) is 5.75 Å². The van der Waals surface area contributed by atoms with Gasteiger partial charge in [0.1, 0.15) is 17.1 Å². The van der Waals surface area contributed by atoms with Gasteiger partial charge in [-0.25, -0.2) is 0 Å². The van der Waals surface area contributed by atoms with E-state index in [-0.39, 0.29) is 28.4 Å². The van der Waals surface area contributed by atoms with Gasteiger partial charge in [0, 0.05) is 5.69 Å². The van der Waals surface area contributed by atoms with Gasteiger partial charge in [-0.05, 0) is 45.4 Å². The summed E-state index contributed by atoms with van der Waals surface area (Å²) in [6.07, 6.45) is 0.498. The quantitative estimate of drug-likeness (QED) is 0.354. The average molecular weight is 382 g/mol. The summed E-state index contributed by atoms with van der Waals surface area (Å²) in [4.78, 5) is 36.9. The Bertz CT molecular complexity index is 905. The molecule has 0 aliphatic carbocycles. The molecule has 2 aromatic carbocycles. The predicted molar refractivity (Wildman–Crippen MR) is 107 cm³/mol. The molecule has 2 amide bonds. The van der Waals surface area contributed by atoms with Crippen LogP contribution in [0.1, 0.15) is 10.4 Å². The normalized spacial score (nSPS) is 13.0. The van der Waals surface area contributed by atoms with Gasteiger partial charge < -0.3 is 20.6 Å². The number of phenolic OH excluding ortho intramolecular Hbond substituents is 1. The van der Waals surface area contributed by atoms with Gasteiger partial charge in [0.2, 0.25) is 0 Å². The molecule has 0 saturated heterocycles. The second-order valence-corrected chi connectivity index (χ2v) is 6.35. The first-order valence-corrected chi connectivity index (χ1v) is 8.40. The minimum atomic E-state index is -0.630. The molecule has 1 aliphatic rings. The zero-order valence-corrected chi connectivity index (χ0v) is 15.8. The number of carbonyl (C=O) groups is 3. The predicted octanol–water partition coefficient (Wildman–Crippen LogP) is 1.77. The first-order chi connectivity index (χ1) is 13.3. The van der Waals surface area contributed by atoms with E-state index in [1.807, 2.05) is 32.1 Å². The van der Waals surface area contributed by atoms with Gasteiger partial charge in [-0.3, -0.25) is 19.7 Å². The van der Waals surface area contributed by atoms with Crippen LogP contribution in [0.2, 0.25) is 0 Å². The number of amides is 2. The van der Waals surface area contributed by atoms with Gasteiger partial charge in [-0.1, -0.05) is 24.3 Å². The van der Waals surface area contributed by atoms with Gasteiger partial charge in [-0.15, -0.1) is 0 Å². The Morgan fingerprint density at radius 1 is 0.893 bits per heavy atom. The van der Waals surface area contributed by atoms with Crippen molar-refractivity contribution in [3.63, 3.8) is 0 Å². The first kappa shape index (κ1) is 20.7. The van der Waals surface area contributed by atoms with Crippen LogP contribution in [-0.2, 0) is 9.59 Å². The number of hydrogen-bond acceptors (Lipinski definition) is 7. The van der Waals surface area contributed by atoms with Crippen molar-refractivity contribution >= 4 is 29.5 Å². The van der Waals surface area contributed by atoms with Crippen molar-refractivity contribution in [3.8, 4) is 5.75 Å². The maximum absolute atomic E-state index is 12.0. The number of benzene rings is 2. The number of aldehydes is 1. The van der Waals surface area contributed by atoms with Crippen LogP contribution in [0, 0.1) is 0 Å². The zero-order valence-electron chi connectivity index (χ0n) is 15.8. The van der Waals surface area contributed by atoms with E-state index in [2.05, 4.69) is 16.0 Å². The number of carbonyl (C=O) groups excluding carboxylic acids is 3. The third-order valence-corrected chi connectivity index (χ3v) is 3.43. The Kier molecular flexibility index (Phi) is 6.89. The number of imide groups is 1. The highest BCUT2D eigenvalue weighted by molar-refractivity contribution is 6.21. The summed E-state index contributed by atoms with van der Waals surface area (Å²) >= 11 is 0. The van der Waals surface area contributed by atoms with Gasteiger partial charge in [0.05, 0.1) is 11.3 Å². The van der Waals surface area contributed by atoms with Crippen LogP contribution >= 0.6 is 0 Å². The minimum Gasteiger partial charge on any atom is -0.505 e. The molecule has 0 radical (unpaired) electrons. The summed E-state index contributed by atoms with van der Waals surface area (Å²) in [6, 6.07) is 13.3. The topological polar surface area (TPSA) is 111 Å². The summed E-state index contributed by atoms with van der Waals surface area (Å²) in [5.74, 6) is -1.52. The number of hydrogen-bond donors (Lipinski definition) is 4. The Balaban J connectivity index is 0.000000640. The number of anilines is 2. The number of rotatable bonds is 5. The van der Waals surface area contributed by atoms with Crippen molar-refractivity contribution in [1.82, 2.24) is 10.2 Å². The Labute approximate surface area is 162 Å². The van der Waals surface area contributed by atoms with E-state index in [9.17, 15) is 19.5 Å². The maximum Gasteiger partial charge on any atom is 0.276 e. The first-order valence-electron chi connectivity index (χ1n) is 8.40. The molecular weight excluding hydrogens is 360 g/mol. The molecule has 0 bridgehead atoms. The van der Waals surface area contributed by atoms with Gasteiger partial charge in [0.25, 0.3) is 11.8 Å². The lowest BCUT2D eigenvalue weighted by Gasteiger charge is -2.11. The fourth-order valence-corrected chi connectivity index (χ4v) is 2.25. The fourth-order valence-electron chi connectivity index (χ4n) is 2.25. The highest BCUT2D eigenvalue weighted by Crippen LogP contribution is 2.29. The van der Waals surface area contributed by atoms with Crippen molar-refractivity contribution in [3.05, 3.63) is 65.5 Å². The molecule has 28 heavy (non-hydrogen) atoms. The van der Waals surface area contributed by atoms with Crippen molar-refractivity contribution < 1.29 is 19.5 Å². The number of para-hydroxylation sites is 2. The van der Waals surface area contributed by atoms with Crippen LogP contribution in [0.3, 0.4) is 0 Å². The third-order valence-electron chi connectivity index (χ3n) is 3.43.